The van der Waals surface area contributed by atoms with Crippen molar-refractivity contribution in [1.82, 2.24) is 9.97 Å². The molecule has 0 aliphatic heterocycles. The van der Waals surface area contributed by atoms with Crippen LogP contribution in [-0.4, -0.2) is 9.97 Å². The molecular weight excluding hydrogens is 279 g/mol. The highest BCUT2D eigenvalue weighted by Crippen LogP contribution is 2.37. The van der Waals surface area contributed by atoms with Gasteiger partial charge < -0.3 is 0 Å². The fourth-order valence-corrected chi connectivity index (χ4v) is 3.50. The maximum atomic E-state index is 6.25. The smallest absolute Gasteiger partial charge is 0.137 e. The minimum absolute atomic E-state index is 0.438. The van der Waals surface area contributed by atoms with Crippen molar-refractivity contribution in [3.63, 3.8) is 0 Å². The lowest BCUT2D eigenvalue weighted by molar-refractivity contribution is 0.312. The third-order valence-corrected chi connectivity index (χ3v) is 4.84. The number of aromatic nitrogens is 2. The van der Waals surface area contributed by atoms with Gasteiger partial charge in [-0.1, -0.05) is 49.9 Å². The van der Waals surface area contributed by atoms with Crippen molar-refractivity contribution < 1.29 is 0 Å². The average molecular weight is 301 g/mol. The van der Waals surface area contributed by atoms with Crippen LogP contribution in [0.25, 0.3) is 0 Å². The highest BCUT2D eigenvalue weighted by Gasteiger charge is 2.24. The Labute approximate surface area is 125 Å². The highest BCUT2D eigenvalue weighted by molar-refractivity contribution is 6.34. The molecule has 1 aliphatic rings. The normalized spacial score (nSPS) is 23.6. The van der Waals surface area contributed by atoms with E-state index < -0.39 is 0 Å². The Kier molecular flexibility index (Phi) is 5.47. The van der Waals surface area contributed by atoms with E-state index in [1.54, 1.807) is 0 Å². The van der Waals surface area contributed by atoms with Gasteiger partial charge in [-0.25, -0.2) is 9.97 Å². The molecular formula is C15H22Cl2N2. The zero-order valence-electron chi connectivity index (χ0n) is 11.8. The topological polar surface area (TPSA) is 25.8 Å². The van der Waals surface area contributed by atoms with Crippen LogP contribution >= 0.6 is 23.2 Å². The fourth-order valence-electron chi connectivity index (χ4n) is 2.91. The van der Waals surface area contributed by atoms with Crippen LogP contribution in [0.1, 0.15) is 69.7 Å². The molecule has 0 N–H and O–H groups in total. The summed E-state index contributed by atoms with van der Waals surface area (Å²) < 4.78 is 0. The largest absolute Gasteiger partial charge is 0.221 e. The molecule has 0 saturated heterocycles. The second-order valence-corrected chi connectivity index (χ2v) is 6.23. The van der Waals surface area contributed by atoms with E-state index in [4.69, 9.17) is 23.2 Å². The lowest BCUT2D eigenvalue weighted by Crippen LogP contribution is -2.15. The minimum atomic E-state index is 0.438. The van der Waals surface area contributed by atoms with Gasteiger partial charge in [-0.2, -0.15) is 0 Å². The summed E-state index contributed by atoms with van der Waals surface area (Å²) in [4.78, 5) is 8.99. The third kappa shape index (κ3) is 3.61. The van der Waals surface area contributed by atoms with Gasteiger partial charge in [0.1, 0.15) is 16.1 Å². The number of rotatable bonds is 4. The van der Waals surface area contributed by atoms with E-state index in [0.717, 1.165) is 43.0 Å². The van der Waals surface area contributed by atoms with Crippen LogP contribution in [0.5, 0.6) is 0 Å². The predicted molar refractivity (Wildman–Crippen MR) is 81.0 cm³/mol. The molecule has 2 nitrogen and oxygen atoms in total. The summed E-state index contributed by atoms with van der Waals surface area (Å²) in [6, 6.07) is 0. The molecule has 2 rings (SSSR count). The Balaban J connectivity index is 2.13. The molecule has 1 aromatic rings. The number of hydrogen-bond donors (Lipinski definition) is 0. The summed E-state index contributed by atoms with van der Waals surface area (Å²) in [6.07, 6.45) is 8.01. The van der Waals surface area contributed by atoms with Crippen LogP contribution in [0.3, 0.4) is 0 Å². The Morgan fingerprint density at radius 3 is 2.05 bits per heavy atom. The zero-order chi connectivity index (χ0) is 13.8. The molecule has 1 aliphatic carbocycles. The van der Waals surface area contributed by atoms with Crippen LogP contribution in [0, 0.1) is 5.92 Å². The average Bonchev–Trinajstić information content (AvgIpc) is 2.43. The van der Waals surface area contributed by atoms with Gasteiger partial charge >= 0.3 is 0 Å². The Morgan fingerprint density at radius 2 is 1.58 bits per heavy atom. The van der Waals surface area contributed by atoms with Crippen molar-refractivity contribution in [1.29, 1.82) is 0 Å². The first-order valence-corrected chi connectivity index (χ1v) is 8.13. The fraction of sp³-hybridized carbons (Fsp3) is 0.733. The van der Waals surface area contributed by atoms with Crippen LogP contribution in [0.4, 0.5) is 0 Å². The van der Waals surface area contributed by atoms with Crippen LogP contribution in [-0.2, 0) is 6.42 Å². The molecule has 1 fully saturated rings. The summed E-state index contributed by atoms with van der Waals surface area (Å²) in [7, 11) is 0. The molecule has 19 heavy (non-hydrogen) atoms. The summed E-state index contributed by atoms with van der Waals surface area (Å²) in [5.74, 6) is 2.17. The maximum absolute atomic E-state index is 6.25. The van der Waals surface area contributed by atoms with E-state index in [-0.39, 0.29) is 0 Å². The molecule has 0 radical (unpaired) electrons. The first kappa shape index (κ1) is 15.1. The first-order chi connectivity index (χ1) is 9.15. The van der Waals surface area contributed by atoms with Crippen LogP contribution in [0.15, 0.2) is 0 Å². The van der Waals surface area contributed by atoms with Crippen molar-refractivity contribution >= 4 is 23.2 Å². The molecule has 4 heteroatoms. The van der Waals surface area contributed by atoms with Crippen molar-refractivity contribution in [3.8, 4) is 0 Å². The predicted octanol–water partition coefficient (Wildman–Crippen LogP) is 5.42. The molecule has 1 saturated carbocycles. The van der Waals surface area contributed by atoms with Gasteiger partial charge in [0.2, 0.25) is 0 Å². The molecule has 0 aromatic carbocycles. The maximum Gasteiger partial charge on any atom is 0.137 e. The summed E-state index contributed by atoms with van der Waals surface area (Å²) in [5, 5.41) is 1.10. The van der Waals surface area contributed by atoms with Gasteiger partial charge in [-0.3, -0.25) is 0 Å². The SMILES string of the molecule is CCCc1c(Cl)nc(C2CCC(CC)CC2)nc1Cl. The Bertz CT molecular complexity index is 403. The minimum Gasteiger partial charge on any atom is -0.221 e. The van der Waals surface area contributed by atoms with Crippen molar-refractivity contribution in [2.24, 2.45) is 5.92 Å². The van der Waals surface area contributed by atoms with Gasteiger partial charge in [-0.05, 0) is 38.0 Å². The monoisotopic (exact) mass is 300 g/mol. The summed E-state index contributed by atoms with van der Waals surface area (Å²) in [6.45, 7) is 4.38. The lowest BCUT2D eigenvalue weighted by Gasteiger charge is -2.27. The van der Waals surface area contributed by atoms with Gasteiger partial charge in [0.15, 0.2) is 0 Å². The molecule has 0 amide bonds. The van der Waals surface area contributed by atoms with Crippen molar-refractivity contribution in [2.45, 2.75) is 64.7 Å². The lowest BCUT2D eigenvalue weighted by atomic mass is 9.80. The van der Waals surface area contributed by atoms with Crippen LogP contribution < -0.4 is 0 Å². The first-order valence-electron chi connectivity index (χ1n) is 7.37. The molecule has 0 atom stereocenters. The zero-order valence-corrected chi connectivity index (χ0v) is 13.3. The van der Waals surface area contributed by atoms with Gasteiger partial charge in [-0.15, -0.1) is 0 Å². The van der Waals surface area contributed by atoms with Crippen molar-refractivity contribution in [3.05, 3.63) is 21.7 Å². The quantitative estimate of drug-likeness (QED) is 0.694. The highest BCUT2D eigenvalue weighted by atomic mass is 35.5. The Hall–Kier alpha value is -0.340. The second kappa shape index (κ2) is 6.90. The van der Waals surface area contributed by atoms with E-state index in [1.807, 2.05) is 0 Å². The molecule has 0 bridgehead atoms. The van der Waals surface area contributed by atoms with Crippen molar-refractivity contribution in [2.75, 3.05) is 0 Å². The third-order valence-electron chi connectivity index (χ3n) is 4.21. The van der Waals surface area contributed by atoms with Gasteiger partial charge in [0.05, 0.1) is 0 Å². The van der Waals surface area contributed by atoms with E-state index in [9.17, 15) is 0 Å². The molecule has 0 unspecified atom stereocenters. The van der Waals surface area contributed by atoms with E-state index in [1.165, 1.54) is 19.3 Å². The molecule has 1 heterocycles. The summed E-state index contributed by atoms with van der Waals surface area (Å²) in [5.41, 5.74) is 0.900. The van der Waals surface area contributed by atoms with E-state index in [0.29, 0.717) is 16.2 Å². The number of nitrogens with zero attached hydrogens (tertiary/aromatic N) is 2. The molecule has 0 spiro atoms. The van der Waals surface area contributed by atoms with Crippen LogP contribution in [0.2, 0.25) is 10.3 Å². The van der Waals surface area contributed by atoms with Gasteiger partial charge in [0.25, 0.3) is 0 Å². The Morgan fingerprint density at radius 1 is 1.00 bits per heavy atom. The number of hydrogen-bond acceptors (Lipinski definition) is 2. The van der Waals surface area contributed by atoms with E-state index in [2.05, 4.69) is 23.8 Å². The standard InChI is InChI=1S/C15H22Cl2N2/c1-3-5-12-13(16)18-15(19-14(12)17)11-8-6-10(4-2)7-9-11/h10-11H,3-9H2,1-2H3. The van der Waals surface area contributed by atoms with Gasteiger partial charge in [0, 0.05) is 11.5 Å². The molecule has 106 valence electrons. The summed E-state index contributed by atoms with van der Waals surface area (Å²) >= 11 is 12.5. The number of halogens is 2. The molecule has 1 aromatic heterocycles. The second-order valence-electron chi connectivity index (χ2n) is 5.52. The van der Waals surface area contributed by atoms with E-state index >= 15 is 0 Å².